The van der Waals surface area contributed by atoms with Crippen molar-refractivity contribution < 1.29 is 5.57 Å². The fraction of sp³-hybridized carbons (Fsp3) is 1.00. The lowest BCUT2D eigenvalue weighted by Gasteiger charge is -1.71. The Hall–Kier alpha value is 1.09. The van der Waals surface area contributed by atoms with Gasteiger partial charge in [-0.15, -0.1) is 0 Å². The Labute approximate surface area is 40.5 Å². The summed E-state index contributed by atoms with van der Waals surface area (Å²) in [5.74, 6) is -1.46. The minimum Gasteiger partial charge on any atom is -0.216 e. The topological polar surface area (TPSA) is 0 Å². The van der Waals surface area contributed by atoms with Gasteiger partial charge in [0.05, 0.1) is 0 Å². The summed E-state index contributed by atoms with van der Waals surface area (Å²) in [6, 6.07) is 0. The predicted molar refractivity (Wildman–Crippen MR) is 28.0 cm³/mol. The lowest BCUT2D eigenvalue weighted by atomic mass is 12.0. The first-order chi connectivity index (χ1) is 2.27. The van der Waals surface area contributed by atoms with Crippen molar-refractivity contribution >= 4 is 27.9 Å². The Bertz CT molecular complexity index is 25.6. The molecule has 0 spiro atoms. The molecule has 0 heterocycles. The van der Waals surface area contributed by atoms with Crippen LogP contribution in [-0.2, 0) is 0 Å². The van der Waals surface area contributed by atoms with E-state index in [0.29, 0.717) is 0 Å². The van der Waals surface area contributed by atoms with Crippen LogP contribution in [0.1, 0.15) is 1.37 Å². The van der Waals surface area contributed by atoms with Crippen molar-refractivity contribution in [3.63, 3.8) is 0 Å². The van der Waals surface area contributed by atoms with Crippen LogP contribution in [0.4, 0.5) is 4.20 Å². The average Bonchev–Trinajstić information content (AvgIpc) is 1.38. The maximum absolute atomic E-state index is 11.3. The molecule has 0 amide bonds. The highest BCUT2D eigenvalue weighted by Gasteiger charge is 1.77. The molecule has 0 saturated heterocycles. The van der Waals surface area contributed by atoms with Crippen molar-refractivity contribution in [3.8, 4) is 0 Å². The summed E-state index contributed by atoms with van der Waals surface area (Å²) in [5.41, 5.74) is 0. The van der Waals surface area contributed by atoms with Crippen molar-refractivity contribution in [2.75, 3.05) is 6.64 Å². The van der Waals surface area contributed by atoms with Crippen LogP contribution in [0.5, 0.6) is 0 Å². The number of rotatable bonds is 0. The molecule has 0 bridgehead atoms. The quantitative estimate of drug-likeness (QED) is 0.410. The molecule has 0 saturated carbocycles. The van der Waals surface area contributed by atoms with Crippen molar-refractivity contribution in [2.24, 2.45) is 0 Å². The van der Waals surface area contributed by atoms with E-state index in [-0.39, 0.29) is 6.64 Å². The minimum atomic E-state index is -1.46. The van der Waals surface area contributed by atoms with Crippen LogP contribution in [0.25, 0.3) is 0 Å². The first-order valence-electron chi connectivity index (χ1n) is 1.36. The SMILES string of the molecule is [3H]CP(F)I. The second-order valence-electron chi connectivity index (χ2n) is 0.303. The normalized spacial score (nSPS) is 19.0. The second-order valence-corrected chi connectivity index (χ2v) is 4.05. The third kappa shape index (κ3) is 11.4. The molecule has 0 nitrogen and oxygen atoms in total. The Morgan fingerprint density at radius 3 is 2.75 bits per heavy atom. The smallest absolute Gasteiger partial charge is 0.142 e. The summed E-state index contributed by atoms with van der Waals surface area (Å²) in [6.45, 7) is -0.0596. The van der Waals surface area contributed by atoms with E-state index in [2.05, 4.69) is 0 Å². The summed E-state index contributed by atoms with van der Waals surface area (Å²) >= 11 is 1.62. The van der Waals surface area contributed by atoms with Gasteiger partial charge in [-0.1, -0.05) is 0 Å². The second kappa shape index (κ2) is 2.33. The lowest BCUT2D eigenvalue weighted by Crippen LogP contribution is -1.21. The van der Waals surface area contributed by atoms with Crippen LogP contribution in [0.2, 0.25) is 0 Å². The molecule has 0 aliphatic heterocycles. The number of hydrogen-bond acceptors (Lipinski definition) is 0. The minimum absolute atomic E-state index is 0.0596. The molecule has 0 aromatic rings. The van der Waals surface area contributed by atoms with Gasteiger partial charge in [0.15, 0.2) is 0 Å². The van der Waals surface area contributed by atoms with E-state index in [1.165, 1.54) is 0 Å². The van der Waals surface area contributed by atoms with Gasteiger partial charge in [-0.3, -0.25) is 0 Å². The van der Waals surface area contributed by atoms with Gasteiger partial charge in [0, 0.05) is 1.37 Å². The zero-order valence-electron chi connectivity index (χ0n) is 2.91. The largest absolute Gasteiger partial charge is 0.216 e. The summed E-state index contributed by atoms with van der Waals surface area (Å²) in [7, 11) is 0. The molecule has 1 atom stereocenters. The summed E-state index contributed by atoms with van der Waals surface area (Å²) in [6.07, 6.45) is 0. The highest BCUT2D eigenvalue weighted by atomic mass is 127. The van der Waals surface area contributed by atoms with Gasteiger partial charge in [-0.2, -0.15) is 0 Å². The molecule has 0 aliphatic rings. The maximum Gasteiger partial charge on any atom is 0.142 e. The van der Waals surface area contributed by atoms with Gasteiger partial charge in [0.2, 0.25) is 0 Å². The zero-order chi connectivity index (χ0) is 4.28. The van der Waals surface area contributed by atoms with E-state index in [4.69, 9.17) is 1.37 Å². The molecule has 0 aliphatic carbocycles. The maximum atomic E-state index is 11.3. The van der Waals surface area contributed by atoms with Gasteiger partial charge in [-0.05, 0) is 28.7 Å². The Morgan fingerprint density at radius 1 is 2.50 bits per heavy atom. The van der Waals surface area contributed by atoms with E-state index >= 15 is 0 Å². The highest BCUT2D eigenvalue weighted by Crippen LogP contribution is 2.41. The van der Waals surface area contributed by atoms with Crippen LogP contribution in [0.3, 0.4) is 0 Å². The summed E-state index contributed by atoms with van der Waals surface area (Å²) < 4.78 is 17.6. The van der Waals surface area contributed by atoms with Crippen molar-refractivity contribution in [3.05, 3.63) is 0 Å². The molecule has 4 heavy (non-hydrogen) atoms. The van der Waals surface area contributed by atoms with E-state index in [9.17, 15) is 4.20 Å². The van der Waals surface area contributed by atoms with Crippen LogP contribution >= 0.6 is 27.9 Å². The molecule has 0 rings (SSSR count). The third-order valence-electron chi connectivity index (χ3n) is 0. The van der Waals surface area contributed by atoms with E-state index in [1.807, 2.05) is 0 Å². The predicted octanol–water partition coefficient (Wildman–Crippen LogP) is 2.33. The number of hydrogen-bond donors (Lipinski definition) is 0. The fourth-order valence-electron chi connectivity index (χ4n) is 0. The van der Waals surface area contributed by atoms with E-state index in [1.54, 1.807) is 22.0 Å². The Kier molecular flexibility index (Phi) is 1.92. The van der Waals surface area contributed by atoms with Gasteiger partial charge in [0.1, 0.15) is 5.87 Å². The number of halogens is 2. The van der Waals surface area contributed by atoms with Crippen molar-refractivity contribution in [2.45, 2.75) is 0 Å². The van der Waals surface area contributed by atoms with Crippen LogP contribution in [0, 0.1) is 0 Å². The van der Waals surface area contributed by atoms with E-state index in [0.717, 1.165) is 0 Å². The third-order valence-corrected chi connectivity index (χ3v) is 0. The zero-order valence-corrected chi connectivity index (χ0v) is 4.96. The molecular weight excluding hydrogens is 189 g/mol. The van der Waals surface area contributed by atoms with Crippen LogP contribution < -0.4 is 0 Å². The average molecular weight is 194 g/mol. The first-order valence-corrected chi connectivity index (χ1v) is 4.86. The van der Waals surface area contributed by atoms with Crippen LogP contribution in [-0.4, -0.2) is 6.64 Å². The van der Waals surface area contributed by atoms with Gasteiger partial charge in [0.25, 0.3) is 0 Å². The van der Waals surface area contributed by atoms with E-state index < -0.39 is 5.87 Å². The highest BCUT2D eigenvalue weighted by molar-refractivity contribution is 14.2. The van der Waals surface area contributed by atoms with Crippen LogP contribution in [0.15, 0.2) is 0 Å². The Balaban J connectivity index is 2.54. The van der Waals surface area contributed by atoms with Crippen molar-refractivity contribution in [1.29, 1.82) is 0 Å². The molecule has 3 heteroatoms. The van der Waals surface area contributed by atoms with Crippen molar-refractivity contribution in [1.82, 2.24) is 0 Å². The standard InChI is InChI=1S/CH3FIP/c1-4(2)3/h1H3/i1T. The molecule has 26 valence electrons. The molecule has 0 aromatic carbocycles. The molecule has 0 aromatic heterocycles. The monoisotopic (exact) mass is 194 g/mol. The molecule has 0 radical (unpaired) electrons. The van der Waals surface area contributed by atoms with Gasteiger partial charge >= 0.3 is 0 Å². The summed E-state index contributed by atoms with van der Waals surface area (Å²) in [5, 5.41) is 0. The molecular formula is CH3FIP. The Morgan fingerprint density at radius 2 is 2.75 bits per heavy atom. The summed E-state index contributed by atoms with van der Waals surface area (Å²) in [4.78, 5) is 0. The lowest BCUT2D eigenvalue weighted by molar-refractivity contribution is 0.922. The first kappa shape index (κ1) is 3.29. The fourth-order valence-corrected chi connectivity index (χ4v) is 0. The molecule has 1 unspecified atom stereocenters. The molecule has 0 fully saturated rings. The molecule has 0 N–H and O–H groups in total. The van der Waals surface area contributed by atoms with Gasteiger partial charge in [-0.25, -0.2) is 4.20 Å². The van der Waals surface area contributed by atoms with Gasteiger partial charge < -0.3 is 0 Å².